The molecule has 0 radical (unpaired) electrons. The highest BCUT2D eigenvalue weighted by Gasteiger charge is 2.07. The summed E-state index contributed by atoms with van der Waals surface area (Å²) in [6.07, 6.45) is 2.97. The maximum absolute atomic E-state index is 5.65. The molecule has 0 aliphatic rings. The van der Waals surface area contributed by atoms with E-state index in [0.717, 1.165) is 12.1 Å². The third-order valence-corrected chi connectivity index (χ3v) is 2.04. The Morgan fingerprint density at radius 2 is 2.25 bits per heavy atom. The van der Waals surface area contributed by atoms with Gasteiger partial charge in [0.05, 0.1) is 17.9 Å². The minimum absolute atomic E-state index is 0.0252. The number of nitrogens with zero attached hydrogens (tertiary/aromatic N) is 3. The van der Waals surface area contributed by atoms with E-state index in [1.54, 1.807) is 0 Å². The van der Waals surface area contributed by atoms with Crippen molar-refractivity contribution in [2.45, 2.75) is 39.3 Å². The molecular formula is C8H16N4. The molecule has 0 amide bonds. The van der Waals surface area contributed by atoms with Crippen LogP contribution in [-0.2, 0) is 0 Å². The first-order valence-corrected chi connectivity index (χ1v) is 4.32. The van der Waals surface area contributed by atoms with Crippen LogP contribution in [0.5, 0.6) is 0 Å². The first-order chi connectivity index (χ1) is 5.65. The normalized spacial score (nSPS) is 16.0. The zero-order valence-corrected chi connectivity index (χ0v) is 7.86. The smallest absolute Gasteiger partial charge is 0.0991 e. The Morgan fingerprint density at radius 3 is 2.67 bits per heavy atom. The lowest BCUT2D eigenvalue weighted by molar-refractivity contribution is 0.464. The van der Waals surface area contributed by atoms with E-state index >= 15 is 0 Å². The standard InChI is InChI=1S/C8H16N4/c1-4-6(2)12-5-8(7(3)9)10-11-12/h5-7H,4,9H2,1-3H3/t6?,7-/m1/s1. The molecule has 0 aliphatic heterocycles. The van der Waals surface area contributed by atoms with Gasteiger partial charge in [0.15, 0.2) is 0 Å². The van der Waals surface area contributed by atoms with Crippen LogP contribution in [0.2, 0.25) is 0 Å². The van der Waals surface area contributed by atoms with Crippen LogP contribution in [0.3, 0.4) is 0 Å². The van der Waals surface area contributed by atoms with Crippen molar-refractivity contribution in [3.8, 4) is 0 Å². The molecule has 1 rings (SSSR count). The van der Waals surface area contributed by atoms with Gasteiger partial charge in [-0.25, -0.2) is 4.68 Å². The lowest BCUT2D eigenvalue weighted by atomic mass is 10.2. The van der Waals surface area contributed by atoms with Crippen molar-refractivity contribution in [1.82, 2.24) is 15.0 Å². The topological polar surface area (TPSA) is 56.7 Å². The van der Waals surface area contributed by atoms with Crippen LogP contribution < -0.4 is 5.73 Å². The van der Waals surface area contributed by atoms with E-state index in [-0.39, 0.29) is 6.04 Å². The van der Waals surface area contributed by atoms with Crippen molar-refractivity contribution in [2.75, 3.05) is 0 Å². The molecule has 2 atom stereocenters. The molecule has 4 heteroatoms. The van der Waals surface area contributed by atoms with Crippen LogP contribution in [0.15, 0.2) is 6.20 Å². The van der Waals surface area contributed by atoms with Gasteiger partial charge in [-0.15, -0.1) is 5.10 Å². The lowest BCUT2D eigenvalue weighted by Gasteiger charge is -2.06. The first kappa shape index (κ1) is 9.19. The summed E-state index contributed by atoms with van der Waals surface area (Å²) in [5.41, 5.74) is 6.51. The van der Waals surface area contributed by atoms with Gasteiger partial charge in [0.1, 0.15) is 0 Å². The average Bonchev–Trinajstić information content (AvgIpc) is 2.51. The van der Waals surface area contributed by atoms with E-state index in [0.29, 0.717) is 6.04 Å². The molecule has 0 saturated heterocycles. The van der Waals surface area contributed by atoms with Gasteiger partial charge in [0, 0.05) is 6.04 Å². The van der Waals surface area contributed by atoms with E-state index in [1.807, 2.05) is 17.8 Å². The molecule has 68 valence electrons. The molecule has 1 aromatic heterocycles. The van der Waals surface area contributed by atoms with E-state index in [9.17, 15) is 0 Å². The van der Waals surface area contributed by atoms with Crippen molar-refractivity contribution in [3.05, 3.63) is 11.9 Å². The Morgan fingerprint density at radius 1 is 1.58 bits per heavy atom. The molecular weight excluding hydrogens is 152 g/mol. The molecule has 0 aromatic carbocycles. The molecule has 0 bridgehead atoms. The van der Waals surface area contributed by atoms with Crippen molar-refractivity contribution in [2.24, 2.45) is 5.73 Å². The molecule has 1 unspecified atom stereocenters. The van der Waals surface area contributed by atoms with Crippen molar-refractivity contribution in [1.29, 1.82) is 0 Å². The summed E-state index contributed by atoms with van der Waals surface area (Å²) in [5.74, 6) is 0. The highest BCUT2D eigenvalue weighted by molar-refractivity contribution is 4.98. The number of rotatable bonds is 3. The highest BCUT2D eigenvalue weighted by Crippen LogP contribution is 2.10. The summed E-state index contributed by atoms with van der Waals surface area (Å²) in [5, 5.41) is 7.97. The molecule has 1 aromatic rings. The Labute approximate surface area is 72.8 Å². The SMILES string of the molecule is CCC(C)n1cc([C@@H](C)N)nn1. The number of aromatic nitrogens is 3. The van der Waals surface area contributed by atoms with Crippen molar-refractivity contribution in [3.63, 3.8) is 0 Å². The van der Waals surface area contributed by atoms with Gasteiger partial charge in [-0.3, -0.25) is 0 Å². The first-order valence-electron chi connectivity index (χ1n) is 4.32. The van der Waals surface area contributed by atoms with Crippen molar-refractivity contribution >= 4 is 0 Å². The van der Waals surface area contributed by atoms with E-state index < -0.39 is 0 Å². The summed E-state index contributed by atoms with van der Waals surface area (Å²) in [6, 6.07) is 0.382. The third kappa shape index (κ3) is 1.82. The molecule has 2 N–H and O–H groups in total. The summed E-state index contributed by atoms with van der Waals surface area (Å²) < 4.78 is 1.86. The third-order valence-electron chi connectivity index (χ3n) is 2.04. The molecule has 0 spiro atoms. The summed E-state index contributed by atoms with van der Waals surface area (Å²) in [6.45, 7) is 6.14. The number of hydrogen-bond acceptors (Lipinski definition) is 3. The van der Waals surface area contributed by atoms with Gasteiger partial charge >= 0.3 is 0 Å². The minimum Gasteiger partial charge on any atom is -0.323 e. The van der Waals surface area contributed by atoms with Crippen LogP contribution in [0.1, 0.15) is 45.0 Å². The van der Waals surface area contributed by atoms with Gasteiger partial charge in [-0.1, -0.05) is 12.1 Å². The quantitative estimate of drug-likeness (QED) is 0.739. The van der Waals surface area contributed by atoms with Crippen LogP contribution in [0, 0.1) is 0 Å². The zero-order chi connectivity index (χ0) is 9.14. The fraction of sp³-hybridized carbons (Fsp3) is 0.750. The zero-order valence-electron chi connectivity index (χ0n) is 7.86. The van der Waals surface area contributed by atoms with Gasteiger partial charge in [-0.2, -0.15) is 0 Å². The van der Waals surface area contributed by atoms with Gasteiger partial charge in [-0.05, 0) is 20.3 Å². The second-order valence-corrected chi connectivity index (χ2v) is 3.17. The second-order valence-electron chi connectivity index (χ2n) is 3.17. The van der Waals surface area contributed by atoms with Gasteiger partial charge in [0.25, 0.3) is 0 Å². The fourth-order valence-corrected chi connectivity index (χ4v) is 0.902. The molecule has 4 nitrogen and oxygen atoms in total. The average molecular weight is 168 g/mol. The minimum atomic E-state index is -0.0252. The van der Waals surface area contributed by atoms with Crippen LogP contribution >= 0.6 is 0 Å². The Kier molecular flexibility index (Phi) is 2.81. The maximum Gasteiger partial charge on any atom is 0.0991 e. The van der Waals surface area contributed by atoms with E-state index in [4.69, 9.17) is 5.73 Å². The molecule has 0 fully saturated rings. The Balaban J connectivity index is 2.77. The van der Waals surface area contributed by atoms with Gasteiger partial charge in [0.2, 0.25) is 0 Å². The Hall–Kier alpha value is -0.900. The predicted molar refractivity (Wildman–Crippen MR) is 47.6 cm³/mol. The van der Waals surface area contributed by atoms with Crippen LogP contribution in [0.25, 0.3) is 0 Å². The van der Waals surface area contributed by atoms with Crippen molar-refractivity contribution < 1.29 is 0 Å². The molecule has 0 aliphatic carbocycles. The lowest BCUT2D eigenvalue weighted by Crippen LogP contribution is -2.05. The molecule has 1 heterocycles. The number of hydrogen-bond donors (Lipinski definition) is 1. The summed E-state index contributed by atoms with van der Waals surface area (Å²) in [7, 11) is 0. The monoisotopic (exact) mass is 168 g/mol. The predicted octanol–water partition coefficient (Wildman–Crippen LogP) is 1.27. The summed E-state index contributed by atoms with van der Waals surface area (Å²) >= 11 is 0. The summed E-state index contributed by atoms with van der Waals surface area (Å²) in [4.78, 5) is 0. The number of nitrogens with two attached hydrogens (primary N) is 1. The Bertz CT molecular complexity index is 241. The largest absolute Gasteiger partial charge is 0.323 e. The van der Waals surface area contributed by atoms with E-state index in [1.165, 1.54) is 0 Å². The van der Waals surface area contributed by atoms with E-state index in [2.05, 4.69) is 24.2 Å². The van der Waals surface area contributed by atoms with Gasteiger partial charge < -0.3 is 5.73 Å². The maximum atomic E-state index is 5.65. The second kappa shape index (κ2) is 3.67. The molecule has 0 saturated carbocycles. The fourth-order valence-electron chi connectivity index (χ4n) is 0.902. The van der Waals surface area contributed by atoms with Crippen LogP contribution in [0.4, 0.5) is 0 Å². The highest BCUT2D eigenvalue weighted by atomic mass is 15.4. The van der Waals surface area contributed by atoms with Crippen LogP contribution in [-0.4, -0.2) is 15.0 Å². The molecule has 12 heavy (non-hydrogen) atoms.